The number of aromatic nitrogens is 2. The van der Waals surface area contributed by atoms with Crippen molar-refractivity contribution in [3.8, 4) is 5.75 Å². The lowest BCUT2D eigenvalue weighted by Gasteiger charge is -2.45. The van der Waals surface area contributed by atoms with Gasteiger partial charge in [0.1, 0.15) is 17.0 Å². The third-order valence-electron chi connectivity index (χ3n) is 6.25. The van der Waals surface area contributed by atoms with Gasteiger partial charge in [-0.2, -0.15) is 0 Å². The summed E-state index contributed by atoms with van der Waals surface area (Å²) < 4.78 is 35.5. The molecular formula is C19H29N5O5S. The van der Waals surface area contributed by atoms with Crippen LogP contribution in [0, 0.1) is 0 Å². The number of carbonyl (C=O) groups excluding carboxylic acids is 1. The minimum absolute atomic E-state index is 0.00124. The maximum absolute atomic E-state index is 13.2. The molecule has 10 nitrogen and oxygen atoms in total. The number of fused-ring (bicyclic) bond motifs is 3. The number of carbonyl (C=O) groups is 1. The molecule has 166 valence electrons. The van der Waals surface area contributed by atoms with Gasteiger partial charge >= 0.3 is 0 Å². The molecule has 2 N–H and O–H groups in total. The van der Waals surface area contributed by atoms with Gasteiger partial charge in [0.2, 0.25) is 5.82 Å². The molecular weight excluding hydrogens is 410 g/mol. The highest BCUT2D eigenvalue weighted by Gasteiger charge is 2.44. The Morgan fingerprint density at radius 3 is 2.60 bits per heavy atom. The molecule has 3 aliphatic heterocycles. The number of nitrogens with zero attached hydrogens (tertiary/aromatic N) is 4. The zero-order valence-electron chi connectivity index (χ0n) is 17.8. The topological polar surface area (TPSA) is 128 Å². The number of sulfone groups is 1. The highest BCUT2D eigenvalue weighted by Crippen LogP contribution is 2.43. The van der Waals surface area contributed by atoms with Crippen molar-refractivity contribution in [2.75, 3.05) is 44.1 Å². The molecule has 3 aliphatic rings. The van der Waals surface area contributed by atoms with E-state index >= 15 is 0 Å². The molecule has 0 bridgehead atoms. The number of hydrogen-bond donors (Lipinski definition) is 1. The number of amides is 1. The van der Waals surface area contributed by atoms with Gasteiger partial charge in [0, 0.05) is 25.4 Å². The molecule has 0 aromatic carbocycles. The Kier molecular flexibility index (Phi) is 5.18. The lowest BCUT2D eigenvalue weighted by atomic mass is 10.0. The van der Waals surface area contributed by atoms with Gasteiger partial charge in [0.15, 0.2) is 21.4 Å². The smallest absolute Gasteiger partial charge is 0.291 e. The van der Waals surface area contributed by atoms with Gasteiger partial charge in [-0.1, -0.05) is 0 Å². The van der Waals surface area contributed by atoms with Gasteiger partial charge < -0.3 is 25.0 Å². The van der Waals surface area contributed by atoms with Crippen molar-refractivity contribution in [3.05, 3.63) is 11.5 Å². The van der Waals surface area contributed by atoms with Crippen molar-refractivity contribution in [1.29, 1.82) is 0 Å². The molecule has 3 atom stereocenters. The monoisotopic (exact) mass is 439 g/mol. The van der Waals surface area contributed by atoms with E-state index in [2.05, 4.69) is 14.9 Å². The molecule has 0 unspecified atom stereocenters. The van der Waals surface area contributed by atoms with E-state index in [1.807, 2.05) is 6.92 Å². The third-order valence-corrected chi connectivity index (χ3v) is 8.30. The third kappa shape index (κ3) is 3.42. The van der Waals surface area contributed by atoms with E-state index in [1.54, 1.807) is 18.7 Å². The van der Waals surface area contributed by atoms with Crippen LogP contribution in [0.3, 0.4) is 0 Å². The van der Waals surface area contributed by atoms with Gasteiger partial charge in [0.05, 0.1) is 25.3 Å². The lowest BCUT2D eigenvalue weighted by molar-refractivity contribution is 0.0480. The highest BCUT2D eigenvalue weighted by atomic mass is 32.2. The quantitative estimate of drug-likeness (QED) is 0.687. The summed E-state index contributed by atoms with van der Waals surface area (Å²) in [5, 5.41) is 0. The Morgan fingerprint density at radius 1 is 1.23 bits per heavy atom. The number of rotatable bonds is 3. The van der Waals surface area contributed by atoms with E-state index in [9.17, 15) is 13.2 Å². The second kappa shape index (κ2) is 7.31. The molecule has 2 saturated heterocycles. The highest BCUT2D eigenvalue weighted by molar-refractivity contribution is 7.91. The summed E-state index contributed by atoms with van der Waals surface area (Å²) in [7, 11) is -3.56. The lowest BCUT2D eigenvalue weighted by Crippen LogP contribution is -2.56. The van der Waals surface area contributed by atoms with Crippen LogP contribution in [-0.2, 0) is 19.3 Å². The van der Waals surface area contributed by atoms with E-state index < -0.39 is 14.6 Å². The van der Waals surface area contributed by atoms with Crippen LogP contribution in [0.1, 0.15) is 43.5 Å². The van der Waals surface area contributed by atoms with Crippen molar-refractivity contribution in [2.45, 2.75) is 50.1 Å². The van der Waals surface area contributed by atoms with Gasteiger partial charge in [-0.15, -0.1) is 0 Å². The maximum atomic E-state index is 13.2. The first-order chi connectivity index (χ1) is 14.0. The molecule has 1 aromatic rings. The molecule has 0 spiro atoms. The predicted octanol–water partition coefficient (Wildman–Crippen LogP) is -0.0844. The molecule has 1 amide bonds. The van der Waals surface area contributed by atoms with Crippen LogP contribution in [0.25, 0.3) is 0 Å². The summed E-state index contributed by atoms with van der Waals surface area (Å²) in [6.45, 7) is 7.42. The zero-order chi connectivity index (χ0) is 21.8. The van der Waals surface area contributed by atoms with Crippen molar-refractivity contribution in [2.24, 2.45) is 5.73 Å². The molecule has 11 heteroatoms. The largest absolute Gasteiger partial charge is 0.486 e. The standard InChI is InChI=1S/C19H29N5O5S/c1-11-8-28-9-13-10-29-14-15(19(2,3)30(4,26)27)21-16(22-17(14)24(11)13)18(25)23-6-5-12(20)7-23/h11-13H,5-10,20H2,1-4H3/t11-,12-,13+/m1/s1. The van der Waals surface area contributed by atoms with Crippen LogP contribution in [0.2, 0.25) is 0 Å². The van der Waals surface area contributed by atoms with E-state index in [0.29, 0.717) is 50.9 Å². The fraction of sp³-hybridized carbons (Fsp3) is 0.737. The first-order valence-electron chi connectivity index (χ1n) is 10.2. The number of nitrogens with two attached hydrogens (primary N) is 1. The Bertz CT molecular complexity index is 966. The SMILES string of the molecule is C[C@@H]1COC[C@H]2COc3c(nc(C(=O)N4CC[C@@H](N)C4)nc3C(C)(C)S(C)(=O)=O)N21. The van der Waals surface area contributed by atoms with E-state index in [0.717, 1.165) is 6.26 Å². The van der Waals surface area contributed by atoms with Gasteiger partial charge in [0.25, 0.3) is 5.91 Å². The second-order valence-electron chi connectivity index (χ2n) is 8.89. The molecule has 30 heavy (non-hydrogen) atoms. The molecule has 1 aromatic heterocycles. The minimum Gasteiger partial charge on any atom is -0.486 e. The summed E-state index contributed by atoms with van der Waals surface area (Å²) >= 11 is 0. The Hall–Kier alpha value is -1.98. The van der Waals surface area contributed by atoms with Crippen LogP contribution in [0.4, 0.5) is 5.82 Å². The fourth-order valence-corrected chi connectivity index (χ4v) is 4.61. The second-order valence-corrected chi connectivity index (χ2v) is 11.5. The molecule has 0 saturated carbocycles. The van der Waals surface area contributed by atoms with Crippen molar-refractivity contribution in [3.63, 3.8) is 0 Å². The van der Waals surface area contributed by atoms with Crippen LogP contribution < -0.4 is 15.4 Å². The predicted molar refractivity (Wildman–Crippen MR) is 110 cm³/mol. The Balaban J connectivity index is 1.88. The first-order valence-corrected chi connectivity index (χ1v) is 12.1. The van der Waals surface area contributed by atoms with E-state index in [1.165, 1.54) is 0 Å². The van der Waals surface area contributed by atoms with Crippen molar-refractivity contribution < 1.29 is 22.7 Å². The fourth-order valence-electron chi connectivity index (χ4n) is 4.12. The number of anilines is 1. The summed E-state index contributed by atoms with van der Waals surface area (Å²) in [6, 6.07) is -0.141. The van der Waals surface area contributed by atoms with Gasteiger partial charge in [-0.25, -0.2) is 18.4 Å². The maximum Gasteiger partial charge on any atom is 0.291 e. The average molecular weight is 440 g/mol. The average Bonchev–Trinajstić information content (AvgIpc) is 3.11. The first kappa shape index (κ1) is 21.3. The van der Waals surface area contributed by atoms with Crippen LogP contribution in [-0.4, -0.2) is 86.5 Å². The Labute approximate surface area is 176 Å². The van der Waals surface area contributed by atoms with Gasteiger partial charge in [-0.3, -0.25) is 4.79 Å². The Morgan fingerprint density at radius 2 is 1.97 bits per heavy atom. The minimum atomic E-state index is -3.56. The summed E-state index contributed by atoms with van der Waals surface area (Å²) in [6.07, 6.45) is 1.87. The van der Waals surface area contributed by atoms with Crippen LogP contribution in [0.15, 0.2) is 0 Å². The molecule has 0 radical (unpaired) electrons. The molecule has 4 rings (SSSR count). The van der Waals surface area contributed by atoms with Gasteiger partial charge in [-0.05, 0) is 27.2 Å². The summed E-state index contributed by atoms with van der Waals surface area (Å²) in [5.74, 6) is 0.401. The van der Waals surface area contributed by atoms with Crippen LogP contribution >= 0.6 is 0 Å². The molecule has 4 heterocycles. The normalized spacial score (nSPS) is 26.8. The van der Waals surface area contributed by atoms with Crippen molar-refractivity contribution >= 4 is 21.6 Å². The summed E-state index contributed by atoms with van der Waals surface area (Å²) in [4.78, 5) is 25.9. The molecule has 2 fully saturated rings. The molecule has 0 aliphatic carbocycles. The van der Waals surface area contributed by atoms with Crippen molar-refractivity contribution in [1.82, 2.24) is 14.9 Å². The number of morpholine rings is 1. The number of likely N-dealkylation sites (tertiary alicyclic amines) is 1. The van der Waals surface area contributed by atoms with E-state index in [-0.39, 0.29) is 35.6 Å². The van der Waals surface area contributed by atoms with Crippen LogP contribution in [0.5, 0.6) is 5.75 Å². The number of hydrogen-bond acceptors (Lipinski definition) is 9. The van der Waals surface area contributed by atoms with E-state index in [4.69, 9.17) is 15.2 Å². The zero-order valence-corrected chi connectivity index (χ0v) is 18.6. The summed E-state index contributed by atoms with van der Waals surface area (Å²) in [5.41, 5.74) is 6.16. The number of ether oxygens (including phenoxy) is 2.